The third-order valence-electron chi connectivity index (χ3n) is 4.26. The lowest BCUT2D eigenvalue weighted by atomic mass is 10.1. The largest absolute Gasteiger partial charge is 0.323 e. The SMILES string of the molecule is CCCCC1NC(CC)N(C(C)C2CC2)C1=O. The Morgan fingerprint density at radius 2 is 2.12 bits per heavy atom. The molecule has 98 valence electrons. The maximum atomic E-state index is 12.4. The number of hydrogen-bond acceptors (Lipinski definition) is 2. The van der Waals surface area contributed by atoms with Crippen LogP contribution in [0.15, 0.2) is 0 Å². The highest BCUT2D eigenvalue weighted by Crippen LogP contribution is 2.37. The van der Waals surface area contributed by atoms with Crippen LogP contribution in [0.3, 0.4) is 0 Å². The molecule has 0 radical (unpaired) electrons. The summed E-state index contributed by atoms with van der Waals surface area (Å²) < 4.78 is 0. The molecule has 1 N–H and O–H groups in total. The van der Waals surface area contributed by atoms with Crippen LogP contribution >= 0.6 is 0 Å². The maximum Gasteiger partial charge on any atom is 0.241 e. The first kappa shape index (κ1) is 12.9. The van der Waals surface area contributed by atoms with Gasteiger partial charge in [-0.15, -0.1) is 0 Å². The smallest absolute Gasteiger partial charge is 0.241 e. The van der Waals surface area contributed by atoms with E-state index in [-0.39, 0.29) is 12.2 Å². The van der Waals surface area contributed by atoms with Gasteiger partial charge in [0.05, 0.1) is 12.2 Å². The quantitative estimate of drug-likeness (QED) is 0.771. The highest BCUT2D eigenvalue weighted by atomic mass is 16.2. The molecule has 3 atom stereocenters. The van der Waals surface area contributed by atoms with Gasteiger partial charge in [0.2, 0.25) is 5.91 Å². The van der Waals surface area contributed by atoms with E-state index in [1.807, 2.05) is 0 Å². The van der Waals surface area contributed by atoms with Crippen LogP contribution in [0.4, 0.5) is 0 Å². The fraction of sp³-hybridized carbons (Fsp3) is 0.929. The number of amides is 1. The van der Waals surface area contributed by atoms with Gasteiger partial charge in [0, 0.05) is 6.04 Å². The van der Waals surface area contributed by atoms with Gasteiger partial charge in [0.25, 0.3) is 0 Å². The highest BCUT2D eigenvalue weighted by molar-refractivity contribution is 5.84. The molecule has 0 spiro atoms. The molecule has 1 aliphatic heterocycles. The van der Waals surface area contributed by atoms with Crippen molar-refractivity contribution in [1.29, 1.82) is 0 Å². The second-order valence-electron chi connectivity index (χ2n) is 5.61. The number of nitrogens with one attached hydrogen (secondary N) is 1. The molecule has 0 bridgehead atoms. The van der Waals surface area contributed by atoms with Crippen LogP contribution in [0.1, 0.15) is 59.3 Å². The third kappa shape index (κ3) is 2.65. The Balaban J connectivity index is 2.00. The number of unbranched alkanes of at least 4 members (excludes halogenated alkanes) is 1. The second-order valence-corrected chi connectivity index (χ2v) is 5.61. The van der Waals surface area contributed by atoms with Gasteiger partial charge >= 0.3 is 0 Å². The van der Waals surface area contributed by atoms with E-state index in [1.165, 1.54) is 19.3 Å². The van der Waals surface area contributed by atoms with Crippen molar-refractivity contribution in [2.75, 3.05) is 0 Å². The lowest BCUT2D eigenvalue weighted by Crippen LogP contribution is -2.43. The average Bonchev–Trinajstić information content (AvgIpc) is 3.11. The summed E-state index contributed by atoms with van der Waals surface area (Å²) in [6.07, 6.45) is 7.22. The fourth-order valence-electron chi connectivity index (χ4n) is 2.94. The summed E-state index contributed by atoms with van der Waals surface area (Å²) in [5.74, 6) is 1.12. The first-order valence-electron chi connectivity index (χ1n) is 7.27. The minimum absolute atomic E-state index is 0.0844. The Labute approximate surface area is 105 Å². The molecule has 2 rings (SSSR count). The lowest BCUT2D eigenvalue weighted by molar-refractivity contribution is -0.132. The summed E-state index contributed by atoms with van der Waals surface area (Å²) >= 11 is 0. The molecule has 0 aromatic heterocycles. The molecule has 3 unspecified atom stereocenters. The molecular weight excluding hydrogens is 212 g/mol. The Bertz CT molecular complexity index is 275. The van der Waals surface area contributed by atoms with Crippen molar-refractivity contribution < 1.29 is 4.79 Å². The number of carbonyl (C=O) groups is 1. The minimum atomic E-state index is 0.0844. The van der Waals surface area contributed by atoms with Gasteiger partial charge in [-0.05, 0) is 38.5 Å². The molecule has 0 aromatic rings. The zero-order chi connectivity index (χ0) is 12.4. The zero-order valence-electron chi connectivity index (χ0n) is 11.4. The third-order valence-corrected chi connectivity index (χ3v) is 4.26. The molecule has 1 amide bonds. The molecular formula is C14H26N2O. The summed E-state index contributed by atoms with van der Waals surface area (Å²) in [7, 11) is 0. The zero-order valence-corrected chi connectivity index (χ0v) is 11.4. The summed E-state index contributed by atoms with van der Waals surface area (Å²) in [4.78, 5) is 14.6. The van der Waals surface area contributed by atoms with Crippen LogP contribution < -0.4 is 5.32 Å². The Morgan fingerprint density at radius 1 is 1.41 bits per heavy atom. The van der Waals surface area contributed by atoms with E-state index in [9.17, 15) is 4.79 Å². The molecule has 2 fully saturated rings. The Hall–Kier alpha value is -0.570. The monoisotopic (exact) mass is 238 g/mol. The fourth-order valence-corrected chi connectivity index (χ4v) is 2.94. The molecule has 1 aliphatic carbocycles. The topological polar surface area (TPSA) is 32.3 Å². The molecule has 3 heteroatoms. The van der Waals surface area contributed by atoms with E-state index in [0.717, 1.165) is 25.2 Å². The minimum Gasteiger partial charge on any atom is -0.323 e. The van der Waals surface area contributed by atoms with Crippen LogP contribution in [0.5, 0.6) is 0 Å². The molecule has 0 aromatic carbocycles. The molecule has 2 aliphatic rings. The first-order valence-corrected chi connectivity index (χ1v) is 7.27. The molecule has 1 saturated heterocycles. The molecule has 1 heterocycles. The summed E-state index contributed by atoms with van der Waals surface area (Å²) in [6, 6.07) is 0.521. The number of carbonyl (C=O) groups excluding carboxylic acids is 1. The van der Waals surface area contributed by atoms with E-state index in [4.69, 9.17) is 0 Å². The van der Waals surface area contributed by atoms with Crippen LogP contribution in [-0.2, 0) is 4.79 Å². The second kappa shape index (κ2) is 5.38. The Morgan fingerprint density at radius 3 is 2.65 bits per heavy atom. The van der Waals surface area contributed by atoms with Crippen molar-refractivity contribution in [3.63, 3.8) is 0 Å². The van der Waals surface area contributed by atoms with Gasteiger partial charge in [-0.3, -0.25) is 10.1 Å². The van der Waals surface area contributed by atoms with Crippen molar-refractivity contribution in [3.8, 4) is 0 Å². The van der Waals surface area contributed by atoms with E-state index in [0.29, 0.717) is 11.9 Å². The van der Waals surface area contributed by atoms with Gasteiger partial charge in [0.15, 0.2) is 0 Å². The predicted molar refractivity (Wildman–Crippen MR) is 69.6 cm³/mol. The van der Waals surface area contributed by atoms with Crippen molar-refractivity contribution in [3.05, 3.63) is 0 Å². The van der Waals surface area contributed by atoms with Gasteiger partial charge in [-0.2, -0.15) is 0 Å². The van der Waals surface area contributed by atoms with Gasteiger partial charge in [-0.1, -0.05) is 26.7 Å². The van der Waals surface area contributed by atoms with Crippen molar-refractivity contribution in [1.82, 2.24) is 10.2 Å². The maximum absolute atomic E-state index is 12.4. The van der Waals surface area contributed by atoms with Crippen molar-refractivity contribution in [2.45, 2.75) is 77.5 Å². The van der Waals surface area contributed by atoms with Crippen LogP contribution in [-0.4, -0.2) is 29.1 Å². The Kier molecular flexibility index (Phi) is 4.08. The number of rotatable bonds is 6. The van der Waals surface area contributed by atoms with Crippen LogP contribution in [0, 0.1) is 5.92 Å². The van der Waals surface area contributed by atoms with E-state index < -0.39 is 0 Å². The van der Waals surface area contributed by atoms with Gasteiger partial charge < -0.3 is 4.90 Å². The lowest BCUT2D eigenvalue weighted by Gasteiger charge is -2.29. The van der Waals surface area contributed by atoms with Gasteiger partial charge in [0.1, 0.15) is 0 Å². The summed E-state index contributed by atoms with van der Waals surface area (Å²) in [5.41, 5.74) is 0. The number of nitrogens with zero attached hydrogens (tertiary/aromatic N) is 1. The highest BCUT2D eigenvalue weighted by Gasteiger charge is 2.44. The number of hydrogen-bond donors (Lipinski definition) is 1. The van der Waals surface area contributed by atoms with E-state index in [1.54, 1.807) is 0 Å². The van der Waals surface area contributed by atoms with E-state index in [2.05, 4.69) is 31.0 Å². The summed E-state index contributed by atoms with van der Waals surface area (Å²) in [6.45, 7) is 6.57. The molecule has 3 nitrogen and oxygen atoms in total. The standard InChI is InChI=1S/C14H26N2O/c1-4-6-7-12-14(17)16(13(5-2)15-12)10(3)11-8-9-11/h10-13,15H,4-9H2,1-3H3. The first-order chi connectivity index (χ1) is 8.19. The van der Waals surface area contributed by atoms with Gasteiger partial charge in [-0.25, -0.2) is 0 Å². The van der Waals surface area contributed by atoms with Crippen molar-refractivity contribution in [2.24, 2.45) is 5.92 Å². The van der Waals surface area contributed by atoms with Crippen LogP contribution in [0.2, 0.25) is 0 Å². The van der Waals surface area contributed by atoms with Crippen LogP contribution in [0.25, 0.3) is 0 Å². The average molecular weight is 238 g/mol. The predicted octanol–water partition coefficient (Wildman–Crippen LogP) is 2.51. The normalized spacial score (nSPS) is 31.0. The molecule has 17 heavy (non-hydrogen) atoms. The molecule has 1 saturated carbocycles. The summed E-state index contributed by atoms with van der Waals surface area (Å²) in [5, 5.41) is 3.52. The van der Waals surface area contributed by atoms with Crippen molar-refractivity contribution >= 4 is 5.91 Å². The van der Waals surface area contributed by atoms with E-state index >= 15 is 0 Å².